The van der Waals surface area contributed by atoms with Gasteiger partial charge in [-0.25, -0.2) is 4.98 Å². The minimum atomic E-state index is -4.58. The Morgan fingerprint density at radius 2 is 1.89 bits per heavy atom. The first-order valence-electron chi connectivity index (χ1n) is 7.98. The summed E-state index contributed by atoms with van der Waals surface area (Å²) < 4.78 is 38.7. The largest absolute Gasteiger partial charge is 0.417 e. The lowest BCUT2D eigenvalue weighted by molar-refractivity contribution is -0.137. The van der Waals surface area contributed by atoms with Gasteiger partial charge in [-0.1, -0.05) is 31.5 Å². The minimum absolute atomic E-state index is 0.116. The SMILES string of the molecule is CC(C)C(=O)Nc1cc(C(=O)NCc2ccc(Cl)c(C(F)(F)F)c2)ccn1. The summed E-state index contributed by atoms with van der Waals surface area (Å²) in [5, 5.41) is 4.69. The van der Waals surface area contributed by atoms with E-state index in [2.05, 4.69) is 15.6 Å². The molecular weight excluding hydrogens is 383 g/mol. The number of hydrogen-bond acceptors (Lipinski definition) is 3. The van der Waals surface area contributed by atoms with Crippen molar-refractivity contribution in [2.24, 2.45) is 5.92 Å². The fraction of sp³-hybridized carbons (Fsp3) is 0.278. The van der Waals surface area contributed by atoms with Crippen LogP contribution in [0.15, 0.2) is 36.5 Å². The van der Waals surface area contributed by atoms with Crippen molar-refractivity contribution in [3.8, 4) is 0 Å². The highest BCUT2D eigenvalue weighted by Crippen LogP contribution is 2.35. The Kier molecular flexibility index (Phi) is 6.43. The van der Waals surface area contributed by atoms with Gasteiger partial charge < -0.3 is 10.6 Å². The molecule has 144 valence electrons. The molecule has 1 heterocycles. The maximum atomic E-state index is 12.9. The molecule has 5 nitrogen and oxygen atoms in total. The first-order chi connectivity index (χ1) is 12.6. The summed E-state index contributed by atoms with van der Waals surface area (Å²) in [6, 6.07) is 6.25. The van der Waals surface area contributed by atoms with Crippen LogP contribution in [0.4, 0.5) is 19.0 Å². The second-order valence-corrected chi connectivity index (χ2v) is 6.48. The van der Waals surface area contributed by atoms with Crippen molar-refractivity contribution < 1.29 is 22.8 Å². The Morgan fingerprint density at radius 1 is 1.19 bits per heavy atom. The van der Waals surface area contributed by atoms with Gasteiger partial charge in [0.1, 0.15) is 5.82 Å². The average molecular weight is 400 g/mol. The number of anilines is 1. The minimum Gasteiger partial charge on any atom is -0.348 e. The lowest BCUT2D eigenvalue weighted by Gasteiger charge is -2.12. The third kappa shape index (κ3) is 5.68. The molecule has 0 atom stereocenters. The lowest BCUT2D eigenvalue weighted by atomic mass is 10.1. The molecule has 0 bridgehead atoms. The molecule has 0 aliphatic heterocycles. The molecule has 2 aromatic rings. The van der Waals surface area contributed by atoms with E-state index in [1.54, 1.807) is 13.8 Å². The van der Waals surface area contributed by atoms with E-state index in [9.17, 15) is 22.8 Å². The number of pyridine rings is 1. The number of aromatic nitrogens is 1. The van der Waals surface area contributed by atoms with Crippen molar-refractivity contribution >= 4 is 29.2 Å². The molecule has 0 saturated heterocycles. The number of carbonyl (C=O) groups excluding carboxylic acids is 2. The molecule has 0 radical (unpaired) electrons. The standard InChI is InChI=1S/C18H17ClF3N3O2/c1-10(2)16(26)25-15-8-12(5-6-23-15)17(27)24-9-11-3-4-14(19)13(7-11)18(20,21)22/h3-8,10H,9H2,1-2H3,(H,24,27)(H,23,25,26). The van der Waals surface area contributed by atoms with Gasteiger partial charge in [0.25, 0.3) is 5.91 Å². The zero-order valence-corrected chi connectivity index (χ0v) is 15.3. The second kappa shape index (κ2) is 8.39. The summed E-state index contributed by atoms with van der Waals surface area (Å²) in [5.41, 5.74) is -0.491. The molecule has 9 heteroatoms. The molecule has 0 aliphatic rings. The van der Waals surface area contributed by atoms with E-state index in [-0.39, 0.29) is 35.3 Å². The van der Waals surface area contributed by atoms with E-state index in [0.717, 1.165) is 12.1 Å². The highest BCUT2D eigenvalue weighted by Gasteiger charge is 2.33. The number of halogens is 4. The number of carbonyl (C=O) groups is 2. The van der Waals surface area contributed by atoms with Gasteiger partial charge in [-0.15, -0.1) is 0 Å². The van der Waals surface area contributed by atoms with E-state index in [1.807, 2.05) is 0 Å². The Morgan fingerprint density at radius 3 is 2.52 bits per heavy atom. The molecule has 0 spiro atoms. The van der Waals surface area contributed by atoms with E-state index in [1.165, 1.54) is 24.4 Å². The molecule has 2 N–H and O–H groups in total. The van der Waals surface area contributed by atoms with Crippen LogP contribution < -0.4 is 10.6 Å². The molecule has 0 unspecified atom stereocenters. The molecule has 0 aliphatic carbocycles. The Bertz CT molecular complexity index is 854. The number of hydrogen-bond donors (Lipinski definition) is 2. The quantitative estimate of drug-likeness (QED) is 0.788. The highest BCUT2D eigenvalue weighted by atomic mass is 35.5. The number of benzene rings is 1. The number of alkyl halides is 3. The number of amides is 2. The predicted octanol–water partition coefficient (Wildman–Crippen LogP) is 4.28. The molecule has 1 aromatic heterocycles. The topological polar surface area (TPSA) is 71.1 Å². The van der Waals surface area contributed by atoms with Crippen molar-refractivity contribution in [1.29, 1.82) is 0 Å². The van der Waals surface area contributed by atoms with Crippen LogP contribution in [-0.2, 0) is 17.5 Å². The maximum absolute atomic E-state index is 12.9. The molecule has 1 aromatic carbocycles. The zero-order chi connectivity index (χ0) is 20.2. The molecule has 0 saturated carbocycles. The summed E-state index contributed by atoms with van der Waals surface area (Å²) in [7, 11) is 0. The molecule has 2 rings (SSSR count). The normalized spacial score (nSPS) is 11.4. The van der Waals surface area contributed by atoms with Crippen LogP contribution in [-0.4, -0.2) is 16.8 Å². The molecule has 2 amide bonds. The summed E-state index contributed by atoms with van der Waals surface area (Å²) in [5.74, 6) is -0.800. The number of nitrogens with zero attached hydrogens (tertiary/aromatic N) is 1. The van der Waals surface area contributed by atoms with E-state index in [0.29, 0.717) is 0 Å². The second-order valence-electron chi connectivity index (χ2n) is 6.07. The van der Waals surface area contributed by atoms with Crippen molar-refractivity contribution in [3.63, 3.8) is 0 Å². The third-order valence-corrected chi connectivity index (χ3v) is 3.92. The van der Waals surface area contributed by atoms with Crippen LogP contribution in [0.3, 0.4) is 0 Å². The fourth-order valence-electron chi connectivity index (χ4n) is 2.09. The van der Waals surface area contributed by atoms with Gasteiger partial charge in [0.15, 0.2) is 0 Å². The Labute approximate surface area is 158 Å². The van der Waals surface area contributed by atoms with Crippen molar-refractivity contribution in [2.45, 2.75) is 26.6 Å². The summed E-state index contributed by atoms with van der Waals surface area (Å²) in [4.78, 5) is 27.9. The van der Waals surface area contributed by atoms with Crippen molar-refractivity contribution in [2.75, 3.05) is 5.32 Å². The van der Waals surface area contributed by atoms with Crippen molar-refractivity contribution in [3.05, 3.63) is 58.2 Å². The molecular formula is C18H17ClF3N3O2. The van der Waals surface area contributed by atoms with Crippen LogP contribution in [0, 0.1) is 5.92 Å². The van der Waals surface area contributed by atoms with Gasteiger partial charge in [-0.3, -0.25) is 9.59 Å². The monoisotopic (exact) mass is 399 g/mol. The van der Waals surface area contributed by atoms with Gasteiger partial charge in [-0.05, 0) is 29.8 Å². The van der Waals surface area contributed by atoms with E-state index >= 15 is 0 Å². The van der Waals surface area contributed by atoms with Crippen LogP contribution in [0.25, 0.3) is 0 Å². The first kappa shape index (κ1) is 20.7. The van der Waals surface area contributed by atoms with Crippen LogP contribution in [0.1, 0.15) is 35.3 Å². The summed E-state index contributed by atoms with van der Waals surface area (Å²) in [6.45, 7) is 3.32. The van der Waals surface area contributed by atoms with Gasteiger partial charge >= 0.3 is 6.18 Å². The smallest absolute Gasteiger partial charge is 0.348 e. The Balaban J connectivity index is 2.07. The van der Waals surface area contributed by atoms with Crippen LogP contribution >= 0.6 is 11.6 Å². The lowest BCUT2D eigenvalue weighted by Crippen LogP contribution is -2.24. The van der Waals surface area contributed by atoms with Gasteiger partial charge in [-0.2, -0.15) is 13.2 Å². The zero-order valence-electron chi connectivity index (χ0n) is 14.5. The van der Waals surface area contributed by atoms with Gasteiger partial charge in [0.05, 0.1) is 10.6 Å². The fourth-order valence-corrected chi connectivity index (χ4v) is 2.32. The molecule has 27 heavy (non-hydrogen) atoms. The number of nitrogens with one attached hydrogen (secondary N) is 2. The Hall–Kier alpha value is -2.61. The average Bonchev–Trinajstić information content (AvgIpc) is 2.59. The number of rotatable bonds is 5. The summed E-state index contributed by atoms with van der Waals surface area (Å²) in [6.07, 6.45) is -3.22. The van der Waals surface area contributed by atoms with E-state index < -0.39 is 22.7 Å². The third-order valence-electron chi connectivity index (χ3n) is 3.59. The van der Waals surface area contributed by atoms with Crippen LogP contribution in [0.5, 0.6) is 0 Å². The first-order valence-corrected chi connectivity index (χ1v) is 8.36. The molecule has 0 fully saturated rings. The maximum Gasteiger partial charge on any atom is 0.417 e. The predicted molar refractivity (Wildman–Crippen MR) is 95.3 cm³/mol. The summed E-state index contributed by atoms with van der Waals surface area (Å²) >= 11 is 5.57. The van der Waals surface area contributed by atoms with Gasteiger partial charge in [0.2, 0.25) is 5.91 Å². The highest BCUT2D eigenvalue weighted by molar-refractivity contribution is 6.31. The van der Waals surface area contributed by atoms with Crippen LogP contribution in [0.2, 0.25) is 5.02 Å². The van der Waals surface area contributed by atoms with Gasteiger partial charge in [0, 0.05) is 24.2 Å². The van der Waals surface area contributed by atoms with E-state index in [4.69, 9.17) is 11.6 Å². The van der Waals surface area contributed by atoms with Crippen molar-refractivity contribution in [1.82, 2.24) is 10.3 Å².